The van der Waals surface area contributed by atoms with E-state index in [1.165, 1.54) is 7.11 Å². The van der Waals surface area contributed by atoms with Crippen LogP contribution in [0, 0.1) is 0 Å². The van der Waals surface area contributed by atoms with Crippen LogP contribution < -0.4 is 0 Å². The van der Waals surface area contributed by atoms with Gasteiger partial charge in [-0.05, 0) is 24.2 Å². The summed E-state index contributed by atoms with van der Waals surface area (Å²) in [4.78, 5) is 27.5. The number of benzene rings is 1. The third-order valence-corrected chi connectivity index (χ3v) is 4.79. The van der Waals surface area contributed by atoms with Gasteiger partial charge in [-0.2, -0.15) is 0 Å². The Bertz CT molecular complexity index is 637. The first kappa shape index (κ1) is 16.1. The normalized spacial score (nSPS) is 23.7. The largest absolute Gasteiger partial charge is 0.468 e. The van der Waals surface area contributed by atoms with Crippen molar-refractivity contribution in [3.8, 4) is 0 Å². The van der Waals surface area contributed by atoms with Gasteiger partial charge in [-0.1, -0.05) is 23.7 Å². The number of amides is 1. The average molecular weight is 339 g/mol. The van der Waals surface area contributed by atoms with Crippen LogP contribution in [0.25, 0.3) is 0 Å². The second-order valence-electron chi connectivity index (χ2n) is 5.95. The predicted molar refractivity (Wildman–Crippen MR) is 84.0 cm³/mol. The molecule has 1 saturated heterocycles. The maximum Gasteiger partial charge on any atom is 0.410 e. The summed E-state index contributed by atoms with van der Waals surface area (Å²) in [7, 11) is 3.18. The number of hydrogen-bond acceptors (Lipinski definition) is 5. The molecule has 0 aromatic heterocycles. The molecule has 6 nitrogen and oxygen atoms in total. The lowest BCUT2D eigenvalue weighted by atomic mass is 10.1. The Morgan fingerprint density at radius 2 is 2.09 bits per heavy atom. The van der Waals surface area contributed by atoms with Crippen LogP contribution in [0.4, 0.5) is 4.79 Å². The quantitative estimate of drug-likeness (QED) is 0.772. The third kappa shape index (κ3) is 3.14. The number of fused-ring (bicyclic) bond motifs is 1. The lowest BCUT2D eigenvalue weighted by Gasteiger charge is -2.19. The Balaban J connectivity index is 1.59. The van der Waals surface area contributed by atoms with E-state index in [0.29, 0.717) is 31.1 Å². The van der Waals surface area contributed by atoms with Gasteiger partial charge < -0.3 is 9.47 Å². The highest BCUT2D eigenvalue weighted by molar-refractivity contribution is 6.31. The molecule has 0 bridgehead atoms. The first-order valence-corrected chi connectivity index (χ1v) is 7.87. The van der Waals surface area contributed by atoms with Gasteiger partial charge in [0.15, 0.2) is 0 Å². The standard InChI is InChI=1S/C16H19ClN2O4/c1-18-8-11(6-14(18)15(20)22-2)23-16(21)19-7-10-4-3-5-13(17)12(10)9-19/h3-5,11,14H,6-9H2,1-2H3/t11-,14+/m1/s1. The number of halogens is 1. The number of esters is 1. The van der Waals surface area contributed by atoms with Crippen LogP contribution in [0.3, 0.4) is 0 Å². The minimum absolute atomic E-state index is 0.300. The number of ether oxygens (including phenoxy) is 2. The van der Waals surface area contributed by atoms with Crippen LogP contribution in [0.15, 0.2) is 18.2 Å². The lowest BCUT2D eigenvalue weighted by molar-refractivity contribution is -0.145. The molecular formula is C16H19ClN2O4. The molecule has 2 aliphatic heterocycles. The van der Waals surface area contributed by atoms with Gasteiger partial charge in [0, 0.05) is 24.5 Å². The van der Waals surface area contributed by atoms with Crippen LogP contribution in [0.5, 0.6) is 0 Å². The highest BCUT2D eigenvalue weighted by Crippen LogP contribution is 2.30. The summed E-state index contributed by atoms with van der Waals surface area (Å²) in [6.45, 7) is 1.47. The molecule has 7 heteroatoms. The van der Waals surface area contributed by atoms with E-state index in [4.69, 9.17) is 21.1 Å². The number of nitrogens with zero attached hydrogens (tertiary/aromatic N) is 2. The molecule has 1 fully saturated rings. The van der Waals surface area contributed by atoms with Gasteiger partial charge in [-0.15, -0.1) is 0 Å². The smallest absolute Gasteiger partial charge is 0.410 e. The molecule has 0 aliphatic carbocycles. The maximum atomic E-state index is 12.4. The Hall–Kier alpha value is -1.79. The highest BCUT2D eigenvalue weighted by Gasteiger charge is 2.38. The van der Waals surface area contributed by atoms with E-state index < -0.39 is 0 Å². The lowest BCUT2D eigenvalue weighted by Crippen LogP contribution is -2.33. The number of rotatable bonds is 2. The van der Waals surface area contributed by atoms with Crippen molar-refractivity contribution in [2.45, 2.75) is 31.7 Å². The first-order chi connectivity index (χ1) is 11.0. The molecule has 0 spiro atoms. The fourth-order valence-electron chi connectivity index (χ4n) is 3.18. The molecule has 0 saturated carbocycles. The van der Waals surface area contributed by atoms with Gasteiger partial charge in [0.25, 0.3) is 0 Å². The van der Waals surface area contributed by atoms with Crippen molar-refractivity contribution in [3.05, 3.63) is 34.3 Å². The summed E-state index contributed by atoms with van der Waals surface area (Å²) in [5.41, 5.74) is 2.02. The van der Waals surface area contributed by atoms with Crippen molar-refractivity contribution in [1.29, 1.82) is 0 Å². The van der Waals surface area contributed by atoms with Crippen LogP contribution in [0.1, 0.15) is 17.5 Å². The topological polar surface area (TPSA) is 59.1 Å². The average Bonchev–Trinajstić information content (AvgIpc) is 3.11. The van der Waals surface area contributed by atoms with Gasteiger partial charge in [-0.3, -0.25) is 14.6 Å². The van der Waals surface area contributed by atoms with Gasteiger partial charge in [-0.25, -0.2) is 4.79 Å². The first-order valence-electron chi connectivity index (χ1n) is 7.49. The molecule has 0 unspecified atom stereocenters. The van der Waals surface area contributed by atoms with Crippen LogP contribution in [-0.2, 0) is 27.4 Å². The zero-order valence-corrected chi connectivity index (χ0v) is 13.9. The van der Waals surface area contributed by atoms with Crippen molar-refractivity contribution in [2.75, 3.05) is 20.7 Å². The summed E-state index contributed by atoms with van der Waals surface area (Å²) < 4.78 is 10.3. The number of likely N-dealkylation sites (N-methyl/N-ethyl adjacent to an activating group) is 1. The molecule has 2 heterocycles. The Labute approximate surface area is 139 Å². The van der Waals surface area contributed by atoms with Crippen LogP contribution in [-0.4, -0.2) is 54.7 Å². The monoisotopic (exact) mass is 338 g/mol. The molecule has 1 aromatic rings. The number of methoxy groups -OCH3 is 1. The van der Waals surface area contributed by atoms with Gasteiger partial charge in [0.05, 0.1) is 13.7 Å². The van der Waals surface area contributed by atoms with Gasteiger partial charge in [0.2, 0.25) is 0 Å². The number of carbonyl (C=O) groups excluding carboxylic acids is 2. The van der Waals surface area contributed by atoms with Crippen molar-refractivity contribution in [1.82, 2.24) is 9.80 Å². The zero-order valence-electron chi connectivity index (χ0n) is 13.1. The van der Waals surface area contributed by atoms with Crippen molar-refractivity contribution in [2.24, 2.45) is 0 Å². The molecule has 1 aromatic carbocycles. The van der Waals surface area contributed by atoms with E-state index in [-0.39, 0.29) is 24.2 Å². The fraction of sp³-hybridized carbons (Fsp3) is 0.500. The second-order valence-corrected chi connectivity index (χ2v) is 6.36. The minimum atomic E-state index is -0.374. The fourth-order valence-corrected chi connectivity index (χ4v) is 3.43. The molecule has 1 amide bonds. The second kappa shape index (κ2) is 6.37. The number of hydrogen-bond donors (Lipinski definition) is 0. The molecule has 2 atom stereocenters. The zero-order chi connectivity index (χ0) is 16.6. The molecule has 2 aliphatic rings. The maximum absolute atomic E-state index is 12.4. The minimum Gasteiger partial charge on any atom is -0.468 e. The molecule has 3 rings (SSSR count). The molecule has 23 heavy (non-hydrogen) atoms. The van der Waals surface area contributed by atoms with E-state index in [1.54, 1.807) is 4.90 Å². The summed E-state index contributed by atoms with van der Waals surface area (Å²) in [5, 5.41) is 0.671. The third-order valence-electron chi connectivity index (χ3n) is 4.43. The summed E-state index contributed by atoms with van der Waals surface area (Å²) in [6, 6.07) is 5.30. The van der Waals surface area contributed by atoms with E-state index in [2.05, 4.69) is 0 Å². The highest BCUT2D eigenvalue weighted by atomic mass is 35.5. The van der Waals surface area contributed by atoms with Crippen molar-refractivity contribution < 1.29 is 19.1 Å². The molecular weight excluding hydrogens is 320 g/mol. The molecule has 0 N–H and O–H groups in total. The predicted octanol–water partition coefficient (Wildman–Crippen LogP) is 2.04. The van der Waals surface area contributed by atoms with E-state index in [0.717, 1.165) is 11.1 Å². The van der Waals surface area contributed by atoms with E-state index in [9.17, 15) is 9.59 Å². The van der Waals surface area contributed by atoms with Gasteiger partial charge in [0.1, 0.15) is 12.1 Å². The van der Waals surface area contributed by atoms with Crippen molar-refractivity contribution >= 4 is 23.7 Å². The van der Waals surface area contributed by atoms with Crippen LogP contribution >= 0.6 is 11.6 Å². The molecule has 0 radical (unpaired) electrons. The van der Waals surface area contributed by atoms with E-state index in [1.807, 2.05) is 30.1 Å². The number of carbonyl (C=O) groups is 2. The summed E-state index contributed by atoms with van der Waals surface area (Å²) >= 11 is 6.16. The Kier molecular flexibility index (Phi) is 4.46. The van der Waals surface area contributed by atoms with Crippen LogP contribution in [0.2, 0.25) is 5.02 Å². The Morgan fingerprint density at radius 3 is 2.78 bits per heavy atom. The SMILES string of the molecule is COC(=O)[C@@H]1C[C@@H](OC(=O)N2Cc3cccc(Cl)c3C2)CN1C. The summed E-state index contributed by atoms with van der Waals surface area (Å²) in [6.07, 6.45) is -0.229. The Morgan fingerprint density at radius 1 is 1.30 bits per heavy atom. The summed E-state index contributed by atoms with van der Waals surface area (Å²) in [5.74, 6) is -0.300. The van der Waals surface area contributed by atoms with E-state index >= 15 is 0 Å². The molecule has 124 valence electrons. The number of likely N-dealkylation sites (tertiary alicyclic amines) is 1. The van der Waals surface area contributed by atoms with Crippen molar-refractivity contribution in [3.63, 3.8) is 0 Å². The van der Waals surface area contributed by atoms with Gasteiger partial charge >= 0.3 is 12.1 Å².